The average Bonchev–Trinajstić information content (AvgIpc) is 2.69. The zero-order valence-corrected chi connectivity index (χ0v) is 13.6. The summed E-state index contributed by atoms with van der Waals surface area (Å²) in [4.78, 5) is 12.0. The average molecular weight is 354 g/mol. The molecule has 0 aliphatic heterocycles. The summed E-state index contributed by atoms with van der Waals surface area (Å²) in [5.41, 5.74) is -0.890. The molecule has 0 spiro atoms. The molecule has 4 nitrogen and oxygen atoms in total. The maximum Gasteiger partial charge on any atom is 0.392 e. The van der Waals surface area contributed by atoms with Crippen molar-refractivity contribution in [1.82, 2.24) is 9.78 Å². The van der Waals surface area contributed by atoms with Gasteiger partial charge in [0.05, 0.1) is 12.5 Å². The van der Waals surface area contributed by atoms with Crippen molar-refractivity contribution in [3.05, 3.63) is 17.0 Å². The first-order valence-electron chi connectivity index (χ1n) is 7.66. The van der Waals surface area contributed by atoms with Crippen molar-refractivity contribution in [2.24, 2.45) is 11.8 Å². The molecule has 1 unspecified atom stereocenters. The fourth-order valence-electron chi connectivity index (χ4n) is 3.00. The Hall–Kier alpha value is -1.67. The molecule has 24 heavy (non-hydrogen) atoms. The van der Waals surface area contributed by atoms with Gasteiger partial charge in [0, 0.05) is 19.0 Å². The molecule has 0 amide bonds. The van der Waals surface area contributed by atoms with Crippen LogP contribution in [0.3, 0.4) is 0 Å². The Kier molecular flexibility index (Phi) is 4.92. The van der Waals surface area contributed by atoms with Crippen molar-refractivity contribution in [2.75, 3.05) is 6.61 Å². The number of hydrogen-bond acceptors (Lipinski definition) is 3. The van der Waals surface area contributed by atoms with Gasteiger partial charge in [-0.1, -0.05) is 0 Å². The van der Waals surface area contributed by atoms with Crippen LogP contribution in [-0.2, 0) is 17.2 Å². The standard InChI is InChI=1S/C15H19F5N2O2/c1-4-24-13(23)11-8(2)12(14(3,16)17)21-22(11)7-9-5-6-10(9)15(18,19)20/h9-10H,4-7H2,1-3H3/t9?,10-/m1/s1. The van der Waals surface area contributed by atoms with Gasteiger partial charge in [-0.15, -0.1) is 0 Å². The first-order valence-corrected chi connectivity index (χ1v) is 7.66. The highest BCUT2D eigenvalue weighted by atomic mass is 19.4. The molecule has 1 heterocycles. The van der Waals surface area contributed by atoms with Crippen LogP contribution >= 0.6 is 0 Å². The number of carbonyl (C=O) groups is 1. The van der Waals surface area contributed by atoms with Crippen molar-refractivity contribution < 1.29 is 31.5 Å². The van der Waals surface area contributed by atoms with E-state index in [1.165, 1.54) is 6.92 Å². The highest BCUT2D eigenvalue weighted by Crippen LogP contribution is 2.46. The van der Waals surface area contributed by atoms with Gasteiger partial charge in [0.2, 0.25) is 0 Å². The Morgan fingerprint density at radius 1 is 1.29 bits per heavy atom. The fraction of sp³-hybridized carbons (Fsp3) is 0.733. The van der Waals surface area contributed by atoms with E-state index >= 15 is 0 Å². The molecule has 1 saturated carbocycles. The van der Waals surface area contributed by atoms with Gasteiger partial charge in [0.15, 0.2) is 0 Å². The molecular formula is C15H19F5N2O2. The Labute approximate surface area is 136 Å². The van der Waals surface area contributed by atoms with E-state index in [9.17, 15) is 26.7 Å². The molecule has 9 heteroatoms. The summed E-state index contributed by atoms with van der Waals surface area (Å²) in [5, 5.41) is 3.72. The van der Waals surface area contributed by atoms with E-state index in [0.29, 0.717) is 13.3 Å². The van der Waals surface area contributed by atoms with E-state index in [-0.39, 0.29) is 30.8 Å². The van der Waals surface area contributed by atoms with E-state index in [0.717, 1.165) is 4.68 Å². The second-order valence-electron chi connectivity index (χ2n) is 6.10. The zero-order valence-electron chi connectivity index (χ0n) is 13.6. The summed E-state index contributed by atoms with van der Waals surface area (Å²) >= 11 is 0. The molecule has 0 radical (unpaired) electrons. The van der Waals surface area contributed by atoms with Crippen LogP contribution in [0, 0.1) is 18.8 Å². The Balaban J connectivity index is 2.36. The predicted molar refractivity (Wildman–Crippen MR) is 74.8 cm³/mol. The SMILES string of the molecule is CCOC(=O)c1c(C)c(C(C)(F)F)nn1CC1CC[C@H]1C(F)(F)F. The summed E-state index contributed by atoms with van der Waals surface area (Å²) < 4.78 is 71.7. The van der Waals surface area contributed by atoms with Gasteiger partial charge in [-0.2, -0.15) is 27.1 Å². The van der Waals surface area contributed by atoms with Crippen LogP contribution in [-0.4, -0.2) is 28.5 Å². The van der Waals surface area contributed by atoms with Crippen LogP contribution in [0.25, 0.3) is 0 Å². The predicted octanol–water partition coefficient (Wildman–Crippen LogP) is 4.07. The van der Waals surface area contributed by atoms with Crippen molar-refractivity contribution >= 4 is 5.97 Å². The molecule has 0 N–H and O–H groups in total. The third-order valence-electron chi connectivity index (χ3n) is 4.32. The van der Waals surface area contributed by atoms with Gasteiger partial charge in [-0.3, -0.25) is 4.68 Å². The summed E-state index contributed by atoms with van der Waals surface area (Å²) in [6.45, 7) is 3.26. The minimum Gasteiger partial charge on any atom is -0.461 e. The minimum absolute atomic E-state index is 0.0000478. The lowest BCUT2D eigenvalue weighted by molar-refractivity contribution is -0.214. The second kappa shape index (κ2) is 6.33. The van der Waals surface area contributed by atoms with E-state index in [1.54, 1.807) is 6.92 Å². The summed E-state index contributed by atoms with van der Waals surface area (Å²) in [5.74, 6) is -6.45. The maximum atomic E-state index is 13.6. The van der Waals surface area contributed by atoms with E-state index in [1.807, 2.05) is 0 Å². The van der Waals surface area contributed by atoms with Crippen molar-refractivity contribution in [3.8, 4) is 0 Å². The van der Waals surface area contributed by atoms with Crippen LogP contribution in [0.15, 0.2) is 0 Å². The van der Waals surface area contributed by atoms with Crippen LogP contribution in [0.4, 0.5) is 22.0 Å². The van der Waals surface area contributed by atoms with Gasteiger partial charge in [-0.05, 0) is 32.6 Å². The number of esters is 1. The second-order valence-corrected chi connectivity index (χ2v) is 6.10. The molecule has 2 rings (SSSR count). The molecule has 1 aliphatic rings. The Bertz CT molecular complexity index is 619. The van der Waals surface area contributed by atoms with Crippen LogP contribution in [0.2, 0.25) is 0 Å². The molecular weight excluding hydrogens is 335 g/mol. The third kappa shape index (κ3) is 3.54. The number of aromatic nitrogens is 2. The number of ether oxygens (including phenoxy) is 1. The number of carbonyl (C=O) groups excluding carboxylic acids is 1. The van der Waals surface area contributed by atoms with E-state index in [2.05, 4.69) is 5.10 Å². The lowest BCUT2D eigenvalue weighted by Crippen LogP contribution is -2.40. The Morgan fingerprint density at radius 3 is 2.33 bits per heavy atom. The van der Waals surface area contributed by atoms with Gasteiger partial charge in [0.25, 0.3) is 5.92 Å². The smallest absolute Gasteiger partial charge is 0.392 e. The molecule has 1 aliphatic carbocycles. The zero-order chi connectivity index (χ0) is 18.3. The largest absolute Gasteiger partial charge is 0.461 e. The molecule has 0 saturated heterocycles. The van der Waals surface area contributed by atoms with E-state index < -0.39 is 35.6 Å². The molecule has 2 atom stereocenters. The van der Waals surface area contributed by atoms with Crippen LogP contribution < -0.4 is 0 Å². The molecule has 0 aromatic carbocycles. The maximum absolute atomic E-state index is 13.6. The highest BCUT2D eigenvalue weighted by Gasteiger charge is 2.50. The quantitative estimate of drug-likeness (QED) is 0.591. The molecule has 1 aromatic rings. The van der Waals surface area contributed by atoms with E-state index in [4.69, 9.17) is 4.74 Å². The normalized spacial score (nSPS) is 21.5. The number of hydrogen-bond donors (Lipinski definition) is 0. The number of nitrogens with zero attached hydrogens (tertiary/aromatic N) is 2. The monoisotopic (exact) mass is 354 g/mol. The summed E-state index contributed by atoms with van der Waals surface area (Å²) in [7, 11) is 0. The Morgan fingerprint density at radius 2 is 1.92 bits per heavy atom. The number of halogens is 5. The van der Waals surface area contributed by atoms with Gasteiger partial charge in [0.1, 0.15) is 11.4 Å². The molecule has 136 valence electrons. The first kappa shape index (κ1) is 18.7. The van der Waals surface area contributed by atoms with Gasteiger partial charge >= 0.3 is 12.1 Å². The molecule has 1 aromatic heterocycles. The van der Waals surface area contributed by atoms with Gasteiger partial charge in [-0.25, -0.2) is 4.79 Å². The van der Waals surface area contributed by atoms with Gasteiger partial charge < -0.3 is 4.74 Å². The van der Waals surface area contributed by atoms with Crippen LogP contribution in [0.1, 0.15) is 48.4 Å². The topological polar surface area (TPSA) is 44.1 Å². The van der Waals surface area contributed by atoms with Crippen LogP contribution in [0.5, 0.6) is 0 Å². The van der Waals surface area contributed by atoms with Crippen molar-refractivity contribution in [1.29, 1.82) is 0 Å². The summed E-state index contributed by atoms with van der Waals surface area (Å²) in [6, 6.07) is 0. The molecule has 0 bridgehead atoms. The fourth-order valence-corrected chi connectivity index (χ4v) is 3.00. The summed E-state index contributed by atoms with van der Waals surface area (Å²) in [6.07, 6.45) is -4.03. The number of alkyl halides is 5. The third-order valence-corrected chi connectivity index (χ3v) is 4.32. The number of rotatable bonds is 5. The van der Waals surface area contributed by atoms with Crippen molar-refractivity contribution in [3.63, 3.8) is 0 Å². The van der Waals surface area contributed by atoms with Crippen molar-refractivity contribution in [2.45, 2.75) is 52.3 Å². The first-order chi connectivity index (χ1) is 11.0. The minimum atomic E-state index is -4.34. The highest BCUT2D eigenvalue weighted by molar-refractivity contribution is 5.89. The lowest BCUT2D eigenvalue weighted by Gasteiger charge is -2.37. The molecule has 1 fully saturated rings. The lowest BCUT2D eigenvalue weighted by atomic mass is 9.73.